The number of methoxy groups -OCH3 is 1. The van der Waals surface area contributed by atoms with Crippen LogP contribution in [0.15, 0.2) is 42.5 Å². The number of hydrogen-bond acceptors (Lipinski definition) is 4. The third kappa shape index (κ3) is 3.39. The molecule has 2 aromatic rings. The van der Waals surface area contributed by atoms with Gasteiger partial charge < -0.3 is 20.3 Å². The molecular formula is C15H17NO3. The summed E-state index contributed by atoms with van der Waals surface area (Å²) in [5.74, 6) is 1.75. The van der Waals surface area contributed by atoms with Gasteiger partial charge in [0.25, 0.3) is 0 Å². The van der Waals surface area contributed by atoms with E-state index in [1.54, 1.807) is 19.2 Å². The number of ether oxygens (including phenoxy) is 2. The van der Waals surface area contributed by atoms with Crippen molar-refractivity contribution in [3.05, 3.63) is 53.6 Å². The third-order valence-electron chi connectivity index (χ3n) is 2.82. The standard InChI is InChI=1S/C15H17NO3/c1-18-14-6-7-15(12(8-14)9-16)19-10-11-2-4-13(17)5-3-11/h2-8,17H,9-10,16H2,1H3. The first-order chi connectivity index (χ1) is 9.22. The van der Waals surface area contributed by atoms with Crippen molar-refractivity contribution in [2.24, 2.45) is 5.73 Å². The Labute approximate surface area is 112 Å². The molecule has 19 heavy (non-hydrogen) atoms. The van der Waals surface area contributed by atoms with Crippen LogP contribution < -0.4 is 15.2 Å². The zero-order chi connectivity index (χ0) is 13.7. The first-order valence-electron chi connectivity index (χ1n) is 6.00. The lowest BCUT2D eigenvalue weighted by atomic mass is 10.2. The second-order valence-corrected chi connectivity index (χ2v) is 4.13. The first kappa shape index (κ1) is 13.2. The minimum atomic E-state index is 0.246. The van der Waals surface area contributed by atoms with Gasteiger partial charge in [-0.1, -0.05) is 12.1 Å². The Hall–Kier alpha value is -2.20. The molecule has 0 unspecified atom stereocenters. The van der Waals surface area contributed by atoms with Gasteiger partial charge in [-0.2, -0.15) is 0 Å². The SMILES string of the molecule is COc1ccc(OCc2ccc(O)cc2)c(CN)c1. The van der Waals surface area contributed by atoms with Crippen molar-refractivity contribution < 1.29 is 14.6 Å². The average molecular weight is 259 g/mol. The zero-order valence-corrected chi connectivity index (χ0v) is 10.8. The van der Waals surface area contributed by atoms with Crippen molar-refractivity contribution >= 4 is 0 Å². The quantitative estimate of drug-likeness (QED) is 0.865. The van der Waals surface area contributed by atoms with Gasteiger partial charge in [0, 0.05) is 12.1 Å². The molecule has 0 radical (unpaired) electrons. The lowest BCUT2D eigenvalue weighted by Crippen LogP contribution is -2.03. The molecule has 0 bridgehead atoms. The molecule has 100 valence electrons. The molecule has 0 atom stereocenters. The van der Waals surface area contributed by atoms with Gasteiger partial charge in [0.05, 0.1) is 7.11 Å². The summed E-state index contributed by atoms with van der Waals surface area (Å²) in [6, 6.07) is 12.5. The number of phenolic OH excluding ortho intramolecular Hbond substituents is 1. The fourth-order valence-electron chi connectivity index (χ4n) is 1.74. The lowest BCUT2D eigenvalue weighted by molar-refractivity contribution is 0.302. The maximum absolute atomic E-state index is 9.21. The summed E-state index contributed by atoms with van der Waals surface area (Å²) < 4.78 is 10.9. The minimum Gasteiger partial charge on any atom is -0.508 e. The van der Waals surface area contributed by atoms with Crippen molar-refractivity contribution in [2.45, 2.75) is 13.2 Å². The van der Waals surface area contributed by atoms with Crippen LogP contribution in [0.2, 0.25) is 0 Å². The average Bonchev–Trinajstić information content (AvgIpc) is 2.46. The van der Waals surface area contributed by atoms with E-state index in [9.17, 15) is 5.11 Å². The molecule has 0 amide bonds. The fourth-order valence-corrected chi connectivity index (χ4v) is 1.74. The number of rotatable bonds is 5. The molecule has 0 heterocycles. The summed E-state index contributed by atoms with van der Waals surface area (Å²) >= 11 is 0. The molecular weight excluding hydrogens is 242 g/mol. The number of phenols is 1. The van der Waals surface area contributed by atoms with E-state index >= 15 is 0 Å². The van der Waals surface area contributed by atoms with Gasteiger partial charge in [-0.3, -0.25) is 0 Å². The van der Waals surface area contributed by atoms with Crippen LogP contribution in [-0.2, 0) is 13.2 Å². The lowest BCUT2D eigenvalue weighted by Gasteiger charge is -2.12. The summed E-state index contributed by atoms with van der Waals surface area (Å²) in [6.07, 6.45) is 0. The molecule has 2 rings (SSSR count). The normalized spacial score (nSPS) is 10.2. The maximum Gasteiger partial charge on any atom is 0.124 e. The molecule has 2 aromatic carbocycles. The number of nitrogens with two attached hydrogens (primary N) is 1. The Morgan fingerprint density at radius 2 is 1.84 bits per heavy atom. The zero-order valence-electron chi connectivity index (χ0n) is 10.8. The Bertz CT molecular complexity index is 538. The maximum atomic E-state index is 9.21. The molecule has 0 aliphatic rings. The van der Waals surface area contributed by atoms with Gasteiger partial charge in [-0.05, 0) is 35.9 Å². The van der Waals surface area contributed by atoms with Gasteiger partial charge in [-0.15, -0.1) is 0 Å². The largest absolute Gasteiger partial charge is 0.508 e. The highest BCUT2D eigenvalue weighted by Crippen LogP contribution is 2.24. The van der Waals surface area contributed by atoms with Gasteiger partial charge in [-0.25, -0.2) is 0 Å². The summed E-state index contributed by atoms with van der Waals surface area (Å²) in [5.41, 5.74) is 7.58. The van der Waals surface area contributed by atoms with Crippen LogP contribution in [0.3, 0.4) is 0 Å². The first-order valence-corrected chi connectivity index (χ1v) is 6.00. The Kier molecular flexibility index (Phi) is 4.26. The molecule has 0 aromatic heterocycles. The van der Waals surface area contributed by atoms with Gasteiger partial charge in [0.1, 0.15) is 23.9 Å². The van der Waals surface area contributed by atoms with Crippen molar-refractivity contribution in [2.75, 3.05) is 7.11 Å². The van der Waals surface area contributed by atoms with E-state index < -0.39 is 0 Å². The van der Waals surface area contributed by atoms with Crippen LogP contribution in [0.1, 0.15) is 11.1 Å². The number of benzene rings is 2. The Balaban J connectivity index is 2.08. The second-order valence-electron chi connectivity index (χ2n) is 4.13. The molecule has 4 nitrogen and oxygen atoms in total. The molecule has 0 aliphatic heterocycles. The van der Waals surface area contributed by atoms with Gasteiger partial charge in [0.2, 0.25) is 0 Å². The molecule has 3 N–H and O–H groups in total. The van der Waals surface area contributed by atoms with Gasteiger partial charge >= 0.3 is 0 Å². The van der Waals surface area contributed by atoms with E-state index in [0.717, 1.165) is 22.6 Å². The Morgan fingerprint density at radius 3 is 2.47 bits per heavy atom. The predicted octanol–water partition coefficient (Wildman–Crippen LogP) is 2.44. The van der Waals surface area contributed by atoms with Crippen molar-refractivity contribution in [1.29, 1.82) is 0 Å². The van der Waals surface area contributed by atoms with Crippen molar-refractivity contribution in [1.82, 2.24) is 0 Å². The van der Waals surface area contributed by atoms with E-state index in [0.29, 0.717) is 13.2 Å². The fraction of sp³-hybridized carbons (Fsp3) is 0.200. The highest BCUT2D eigenvalue weighted by atomic mass is 16.5. The molecule has 0 aliphatic carbocycles. The summed E-state index contributed by atoms with van der Waals surface area (Å²) in [5, 5.41) is 9.21. The predicted molar refractivity (Wildman–Crippen MR) is 73.3 cm³/mol. The van der Waals surface area contributed by atoms with Crippen LogP contribution in [0.5, 0.6) is 17.2 Å². The number of aromatic hydroxyl groups is 1. The second kappa shape index (κ2) is 6.11. The smallest absolute Gasteiger partial charge is 0.124 e. The third-order valence-corrected chi connectivity index (χ3v) is 2.82. The minimum absolute atomic E-state index is 0.246. The molecule has 0 spiro atoms. The van der Waals surface area contributed by atoms with E-state index in [4.69, 9.17) is 15.2 Å². The highest BCUT2D eigenvalue weighted by Gasteiger charge is 2.05. The Morgan fingerprint density at radius 1 is 1.11 bits per heavy atom. The molecule has 0 saturated heterocycles. The van der Waals surface area contributed by atoms with Crippen molar-refractivity contribution in [3.63, 3.8) is 0 Å². The summed E-state index contributed by atoms with van der Waals surface area (Å²) in [4.78, 5) is 0. The van der Waals surface area contributed by atoms with Gasteiger partial charge in [0.15, 0.2) is 0 Å². The molecule has 0 saturated carbocycles. The van der Waals surface area contributed by atoms with E-state index in [1.165, 1.54) is 0 Å². The molecule has 4 heteroatoms. The van der Waals surface area contributed by atoms with E-state index in [-0.39, 0.29) is 5.75 Å². The van der Waals surface area contributed by atoms with Crippen LogP contribution in [-0.4, -0.2) is 12.2 Å². The van der Waals surface area contributed by atoms with Crippen molar-refractivity contribution in [3.8, 4) is 17.2 Å². The highest BCUT2D eigenvalue weighted by molar-refractivity contribution is 5.40. The molecule has 0 fully saturated rings. The monoisotopic (exact) mass is 259 g/mol. The van der Waals surface area contributed by atoms with Crippen LogP contribution in [0, 0.1) is 0 Å². The van der Waals surface area contributed by atoms with Crippen LogP contribution in [0.25, 0.3) is 0 Å². The summed E-state index contributed by atoms with van der Waals surface area (Å²) in [7, 11) is 1.62. The van der Waals surface area contributed by atoms with E-state index in [2.05, 4.69) is 0 Å². The van der Waals surface area contributed by atoms with Crippen LogP contribution in [0.4, 0.5) is 0 Å². The number of hydrogen-bond donors (Lipinski definition) is 2. The van der Waals surface area contributed by atoms with Crippen LogP contribution >= 0.6 is 0 Å². The summed E-state index contributed by atoms with van der Waals surface area (Å²) in [6.45, 7) is 0.821. The topological polar surface area (TPSA) is 64.7 Å². The van der Waals surface area contributed by atoms with E-state index in [1.807, 2.05) is 30.3 Å².